The van der Waals surface area contributed by atoms with Crippen molar-refractivity contribution in [1.82, 2.24) is 0 Å². The van der Waals surface area contributed by atoms with Gasteiger partial charge < -0.3 is 9.80 Å². The smallest absolute Gasteiger partial charge is 0.0445 e. The Bertz CT molecular complexity index is 549. The van der Waals surface area contributed by atoms with Crippen molar-refractivity contribution in [1.29, 1.82) is 0 Å². The van der Waals surface area contributed by atoms with Crippen LogP contribution in [0.2, 0.25) is 0 Å². The predicted octanol–water partition coefficient (Wildman–Crippen LogP) is 3.63. The van der Waals surface area contributed by atoms with Gasteiger partial charge in [0.05, 0.1) is 0 Å². The van der Waals surface area contributed by atoms with Gasteiger partial charge in [-0.2, -0.15) is 7.80 Å². The fourth-order valence-electron chi connectivity index (χ4n) is 3.05. The lowest BCUT2D eigenvalue weighted by Gasteiger charge is -2.24. The van der Waals surface area contributed by atoms with Gasteiger partial charge in [-0.15, -0.1) is 0 Å². The van der Waals surface area contributed by atoms with Crippen molar-refractivity contribution in [2.24, 2.45) is 0 Å². The van der Waals surface area contributed by atoms with E-state index in [0.29, 0.717) is 0 Å². The molecule has 0 aromatic heterocycles. The van der Waals surface area contributed by atoms with Crippen molar-refractivity contribution in [3.8, 4) is 0 Å². The SMILES string of the molecule is [B-][PH+](c1ccc(N(CC)CC)cc1)c1ccc(N(CC)CC)cc1. The van der Waals surface area contributed by atoms with Gasteiger partial charge in [-0.3, -0.25) is 7.57 Å². The Kier molecular flexibility index (Phi) is 7.18. The third kappa shape index (κ3) is 4.33. The summed E-state index contributed by atoms with van der Waals surface area (Å²) in [5, 5.41) is 2.51. The molecule has 0 heterocycles. The second-order valence-corrected chi connectivity index (χ2v) is 7.83. The number of hydrogen-bond donors (Lipinski definition) is 0. The average Bonchev–Trinajstić information content (AvgIpc) is 2.64. The Balaban J connectivity index is 2.15. The second-order valence-electron chi connectivity index (χ2n) is 5.85. The quantitative estimate of drug-likeness (QED) is 0.535. The molecule has 4 heteroatoms. The van der Waals surface area contributed by atoms with E-state index in [1.54, 1.807) is 0 Å². The van der Waals surface area contributed by atoms with Gasteiger partial charge in [0.1, 0.15) is 0 Å². The topological polar surface area (TPSA) is 6.48 Å². The molecule has 2 nitrogen and oxygen atoms in total. The van der Waals surface area contributed by atoms with Gasteiger partial charge in [0.25, 0.3) is 0 Å². The molecule has 0 fully saturated rings. The van der Waals surface area contributed by atoms with Crippen molar-refractivity contribution in [2.45, 2.75) is 27.7 Å². The third-order valence-corrected chi connectivity index (χ3v) is 6.52. The number of benzene rings is 2. The lowest BCUT2D eigenvalue weighted by atomic mass is 10.3. The van der Waals surface area contributed by atoms with Crippen LogP contribution in [-0.4, -0.2) is 33.7 Å². The van der Waals surface area contributed by atoms with Crippen molar-refractivity contribution >= 4 is 37.3 Å². The van der Waals surface area contributed by atoms with Gasteiger partial charge >= 0.3 is 0 Å². The van der Waals surface area contributed by atoms with Gasteiger partial charge in [-0.25, -0.2) is 0 Å². The highest BCUT2D eigenvalue weighted by molar-refractivity contribution is 7.94. The molecule has 0 atom stereocenters. The van der Waals surface area contributed by atoms with Crippen LogP contribution in [-0.2, 0) is 0 Å². The first-order valence-corrected chi connectivity index (χ1v) is 10.5. The van der Waals surface area contributed by atoms with Crippen molar-refractivity contribution in [3.63, 3.8) is 0 Å². The van der Waals surface area contributed by atoms with Crippen LogP contribution >= 0.6 is 7.80 Å². The first kappa shape index (κ1) is 18.9. The van der Waals surface area contributed by atoms with E-state index in [-0.39, 0.29) is 0 Å². The molecule has 2 aromatic rings. The van der Waals surface area contributed by atoms with Crippen LogP contribution in [0.4, 0.5) is 11.4 Å². The molecule has 127 valence electrons. The summed E-state index contributed by atoms with van der Waals surface area (Å²) in [7, 11) is 5.38. The molecule has 0 aliphatic carbocycles. The van der Waals surface area contributed by atoms with Gasteiger partial charge in [0, 0.05) is 48.2 Å². The molecule has 0 saturated heterocycles. The lowest BCUT2D eigenvalue weighted by molar-refractivity contribution is 0.866. The van der Waals surface area contributed by atoms with Crippen molar-refractivity contribution in [3.05, 3.63) is 48.5 Å². The summed E-state index contributed by atoms with van der Waals surface area (Å²) in [5.74, 6) is 0. The van der Waals surface area contributed by atoms with E-state index in [4.69, 9.17) is 7.57 Å². The molecular formula is C20H29BN2P. The van der Waals surface area contributed by atoms with Gasteiger partial charge in [-0.1, -0.05) is 0 Å². The fourth-order valence-corrected chi connectivity index (χ4v) is 4.43. The zero-order chi connectivity index (χ0) is 17.5. The monoisotopic (exact) mass is 339 g/mol. The summed E-state index contributed by atoms with van der Waals surface area (Å²) in [4.78, 5) is 4.71. The predicted molar refractivity (Wildman–Crippen MR) is 113 cm³/mol. The minimum atomic E-state index is -1.19. The molecule has 0 unspecified atom stereocenters. The number of rotatable bonds is 8. The summed E-state index contributed by atoms with van der Waals surface area (Å²) in [6, 6.07) is 17.6. The molecule has 0 saturated carbocycles. The minimum absolute atomic E-state index is 1.03. The third-order valence-electron chi connectivity index (χ3n) is 4.61. The molecule has 24 heavy (non-hydrogen) atoms. The van der Waals surface area contributed by atoms with E-state index in [2.05, 4.69) is 86.0 Å². The van der Waals surface area contributed by atoms with Crippen LogP contribution in [0, 0.1) is 0 Å². The van der Waals surface area contributed by atoms with E-state index < -0.39 is 7.80 Å². The van der Waals surface area contributed by atoms with E-state index in [1.165, 1.54) is 22.0 Å². The van der Waals surface area contributed by atoms with Crippen LogP contribution in [0.15, 0.2) is 48.5 Å². The molecule has 0 aliphatic rings. The molecule has 0 bridgehead atoms. The maximum Gasteiger partial charge on any atom is 0.0445 e. The zero-order valence-corrected chi connectivity index (χ0v) is 16.4. The first-order chi connectivity index (χ1) is 11.6. The summed E-state index contributed by atoms with van der Waals surface area (Å²) < 4.78 is 0. The number of nitrogens with zero attached hydrogens (tertiary/aromatic N) is 2. The Morgan fingerprint density at radius 3 is 1.17 bits per heavy atom. The number of hydrogen-bond acceptors (Lipinski definition) is 2. The normalized spacial score (nSPS) is 10.9. The maximum atomic E-state index is 6.57. The molecule has 0 amide bonds. The van der Waals surface area contributed by atoms with Gasteiger partial charge in [-0.05, 0) is 76.2 Å². The van der Waals surface area contributed by atoms with Crippen LogP contribution in [0.5, 0.6) is 0 Å². The van der Waals surface area contributed by atoms with E-state index in [1.807, 2.05) is 0 Å². The molecular weight excluding hydrogens is 310 g/mol. The summed E-state index contributed by atoms with van der Waals surface area (Å²) in [6.07, 6.45) is 0. The van der Waals surface area contributed by atoms with Crippen molar-refractivity contribution < 1.29 is 0 Å². The number of anilines is 2. The second kappa shape index (κ2) is 9.13. The highest BCUT2D eigenvalue weighted by Crippen LogP contribution is 2.29. The Labute approximate surface area is 150 Å². The molecule has 3 radical (unpaired) electrons. The standard InChI is InChI=1S/C20H29BN2P/c1-5-22(6-2)17-9-13-19(14-10-17)24(21)20-15-11-18(12-16-20)23(7-3)8-4/h9-16,24H,5-8H2,1-4H3. The summed E-state index contributed by atoms with van der Waals surface area (Å²) in [5.41, 5.74) is 2.55. The first-order valence-electron chi connectivity index (χ1n) is 8.97. The van der Waals surface area contributed by atoms with Crippen LogP contribution in [0.25, 0.3) is 0 Å². The summed E-state index contributed by atoms with van der Waals surface area (Å²) >= 11 is 0. The zero-order valence-electron chi connectivity index (χ0n) is 15.4. The lowest BCUT2D eigenvalue weighted by Crippen LogP contribution is -2.23. The molecule has 0 N–H and O–H groups in total. The molecule has 0 aliphatic heterocycles. The molecule has 2 aromatic carbocycles. The van der Waals surface area contributed by atoms with Crippen LogP contribution in [0.3, 0.4) is 0 Å². The largest absolute Gasteiger partial charge is 0.372 e. The highest BCUT2D eigenvalue weighted by atomic mass is 31.1. The maximum absolute atomic E-state index is 6.57. The average molecular weight is 339 g/mol. The highest BCUT2D eigenvalue weighted by Gasteiger charge is 2.09. The molecule has 2 rings (SSSR count). The Morgan fingerprint density at radius 1 is 0.625 bits per heavy atom. The van der Waals surface area contributed by atoms with E-state index in [9.17, 15) is 0 Å². The van der Waals surface area contributed by atoms with Crippen molar-refractivity contribution in [2.75, 3.05) is 36.0 Å². The minimum Gasteiger partial charge on any atom is -0.372 e. The van der Waals surface area contributed by atoms with Crippen LogP contribution < -0.4 is 20.4 Å². The van der Waals surface area contributed by atoms with Crippen LogP contribution in [0.1, 0.15) is 27.7 Å². The fraction of sp³-hybridized carbons (Fsp3) is 0.400. The van der Waals surface area contributed by atoms with Gasteiger partial charge in [0.15, 0.2) is 0 Å². The molecule has 0 spiro atoms. The van der Waals surface area contributed by atoms with E-state index >= 15 is 0 Å². The summed E-state index contributed by atoms with van der Waals surface area (Å²) in [6.45, 7) is 12.9. The Hall–Kier alpha value is -1.47. The Morgan fingerprint density at radius 2 is 0.917 bits per heavy atom. The van der Waals surface area contributed by atoms with Gasteiger partial charge in [0.2, 0.25) is 0 Å². The van der Waals surface area contributed by atoms with E-state index in [0.717, 1.165) is 26.2 Å².